The molecule has 0 radical (unpaired) electrons. The quantitative estimate of drug-likeness (QED) is 0.712. The highest BCUT2D eigenvalue weighted by Crippen LogP contribution is 2.22. The number of hydrogen-bond donors (Lipinski definition) is 2. The van der Waals surface area contributed by atoms with Crippen LogP contribution in [0.15, 0.2) is 36.8 Å². The number of nitrogens with two attached hydrogens (primary N) is 1. The van der Waals surface area contributed by atoms with E-state index in [1.807, 2.05) is 0 Å². The molecule has 2 aromatic heterocycles. The Balaban J connectivity index is 1.89. The van der Waals surface area contributed by atoms with Gasteiger partial charge in [0.15, 0.2) is 11.6 Å². The minimum atomic E-state index is -2.44. The molecule has 2 heterocycles. The predicted molar refractivity (Wildman–Crippen MR) is 89.4 cm³/mol. The normalized spacial score (nSPS) is 11.1. The van der Waals surface area contributed by atoms with Crippen molar-refractivity contribution in [1.82, 2.24) is 24.7 Å². The molecule has 7 nitrogen and oxygen atoms in total. The van der Waals surface area contributed by atoms with Gasteiger partial charge in [-0.05, 0) is 17.2 Å². The van der Waals surface area contributed by atoms with Crippen LogP contribution in [0.25, 0.3) is 11.4 Å². The summed E-state index contributed by atoms with van der Waals surface area (Å²) in [5, 5.41) is 7.16. The lowest BCUT2D eigenvalue weighted by molar-refractivity contribution is 0.149. The van der Waals surface area contributed by atoms with Gasteiger partial charge < -0.3 is 11.1 Å². The second kappa shape index (κ2) is 7.31. The molecule has 3 aromatic rings. The smallest absolute Gasteiger partial charge is 0.242 e. The molecule has 0 fully saturated rings. The Kier molecular flexibility index (Phi) is 4.94. The largest absolute Gasteiger partial charge is 0.326 e. The number of aromatic nitrogens is 5. The number of aryl methyl sites for hydroxylation is 1. The SMILES string of the molecule is Cn1ccc(Nc2ncnc(-c3ccc(CN)c(CC(F)F)c3)n2)n1. The summed E-state index contributed by atoms with van der Waals surface area (Å²) in [6.45, 7) is 0.200. The van der Waals surface area contributed by atoms with Gasteiger partial charge in [0.2, 0.25) is 12.4 Å². The molecular formula is C16H17F2N7. The van der Waals surface area contributed by atoms with Crippen LogP contribution in [0.4, 0.5) is 20.5 Å². The first kappa shape index (κ1) is 16.9. The van der Waals surface area contributed by atoms with Crippen LogP contribution in [0, 0.1) is 0 Å². The van der Waals surface area contributed by atoms with E-state index in [-0.39, 0.29) is 13.0 Å². The third kappa shape index (κ3) is 4.13. The molecule has 130 valence electrons. The summed E-state index contributed by atoms with van der Waals surface area (Å²) >= 11 is 0. The van der Waals surface area contributed by atoms with Crippen LogP contribution in [0.2, 0.25) is 0 Å². The van der Waals surface area contributed by atoms with Crippen LogP contribution in [0.1, 0.15) is 11.1 Å². The summed E-state index contributed by atoms with van der Waals surface area (Å²) in [7, 11) is 1.80. The molecule has 1 aromatic carbocycles. The Bertz CT molecular complexity index is 863. The van der Waals surface area contributed by atoms with E-state index in [2.05, 4.69) is 25.4 Å². The molecule has 0 aliphatic carbocycles. The van der Waals surface area contributed by atoms with Crippen LogP contribution >= 0.6 is 0 Å². The number of nitrogens with one attached hydrogen (secondary N) is 1. The minimum Gasteiger partial charge on any atom is -0.326 e. The van der Waals surface area contributed by atoms with Gasteiger partial charge in [-0.2, -0.15) is 10.1 Å². The van der Waals surface area contributed by atoms with Crippen LogP contribution < -0.4 is 11.1 Å². The van der Waals surface area contributed by atoms with Crippen LogP contribution in [0.5, 0.6) is 0 Å². The van der Waals surface area contributed by atoms with Crippen molar-refractivity contribution >= 4 is 11.8 Å². The number of anilines is 2. The summed E-state index contributed by atoms with van der Waals surface area (Å²) in [6, 6.07) is 6.91. The van der Waals surface area contributed by atoms with Crippen LogP contribution in [-0.4, -0.2) is 31.2 Å². The monoisotopic (exact) mass is 345 g/mol. The maximum atomic E-state index is 12.8. The molecule has 0 unspecified atom stereocenters. The van der Waals surface area contributed by atoms with Gasteiger partial charge in [-0.3, -0.25) is 4.68 Å². The third-order valence-electron chi connectivity index (χ3n) is 3.58. The zero-order valence-corrected chi connectivity index (χ0v) is 13.5. The van der Waals surface area contributed by atoms with E-state index >= 15 is 0 Å². The molecule has 25 heavy (non-hydrogen) atoms. The third-order valence-corrected chi connectivity index (χ3v) is 3.58. The number of rotatable bonds is 6. The highest BCUT2D eigenvalue weighted by atomic mass is 19.3. The molecule has 0 saturated carbocycles. The van der Waals surface area contributed by atoms with Crippen LogP contribution in [-0.2, 0) is 20.0 Å². The van der Waals surface area contributed by atoms with Gasteiger partial charge in [0.05, 0.1) is 0 Å². The highest BCUT2D eigenvalue weighted by Gasteiger charge is 2.12. The highest BCUT2D eigenvalue weighted by molar-refractivity contribution is 5.59. The van der Waals surface area contributed by atoms with Gasteiger partial charge in [-0.25, -0.2) is 18.7 Å². The molecule has 0 aliphatic rings. The number of benzene rings is 1. The molecule has 0 bridgehead atoms. The van der Waals surface area contributed by atoms with Crippen molar-refractivity contribution in [3.05, 3.63) is 47.9 Å². The zero-order chi connectivity index (χ0) is 17.8. The van der Waals surface area contributed by atoms with Gasteiger partial charge in [0.1, 0.15) is 6.33 Å². The molecule has 0 saturated heterocycles. The Labute approximate surface area is 142 Å². The van der Waals surface area contributed by atoms with Gasteiger partial charge in [0.25, 0.3) is 0 Å². The second-order valence-corrected chi connectivity index (χ2v) is 5.42. The fraction of sp³-hybridized carbons (Fsp3) is 0.250. The van der Waals surface area contributed by atoms with E-state index in [0.717, 1.165) is 0 Å². The van der Waals surface area contributed by atoms with E-state index in [4.69, 9.17) is 5.73 Å². The fourth-order valence-corrected chi connectivity index (χ4v) is 2.41. The average molecular weight is 345 g/mol. The minimum absolute atomic E-state index is 0.200. The van der Waals surface area contributed by atoms with E-state index in [9.17, 15) is 8.78 Å². The van der Waals surface area contributed by atoms with Gasteiger partial charge >= 0.3 is 0 Å². The van der Waals surface area contributed by atoms with E-state index in [1.54, 1.807) is 42.2 Å². The van der Waals surface area contributed by atoms with E-state index in [0.29, 0.717) is 34.3 Å². The summed E-state index contributed by atoms with van der Waals surface area (Å²) in [5.74, 6) is 1.30. The molecule has 0 atom stereocenters. The summed E-state index contributed by atoms with van der Waals surface area (Å²) in [5.41, 5.74) is 7.43. The van der Waals surface area contributed by atoms with Crippen molar-refractivity contribution in [3.8, 4) is 11.4 Å². The van der Waals surface area contributed by atoms with Crippen molar-refractivity contribution in [3.63, 3.8) is 0 Å². The van der Waals surface area contributed by atoms with E-state index < -0.39 is 6.43 Å². The van der Waals surface area contributed by atoms with Crippen molar-refractivity contribution in [2.75, 3.05) is 5.32 Å². The van der Waals surface area contributed by atoms with Gasteiger partial charge in [-0.15, -0.1) is 0 Å². The lowest BCUT2D eigenvalue weighted by Gasteiger charge is -2.10. The topological polar surface area (TPSA) is 94.5 Å². The van der Waals surface area contributed by atoms with Crippen molar-refractivity contribution < 1.29 is 8.78 Å². The second-order valence-electron chi connectivity index (χ2n) is 5.42. The first-order chi connectivity index (χ1) is 12.0. The number of hydrogen-bond acceptors (Lipinski definition) is 6. The fourth-order valence-electron chi connectivity index (χ4n) is 2.41. The molecule has 3 N–H and O–H groups in total. The number of alkyl halides is 2. The van der Waals surface area contributed by atoms with Crippen molar-refractivity contribution in [1.29, 1.82) is 0 Å². The lowest BCUT2D eigenvalue weighted by atomic mass is 10.0. The van der Waals surface area contributed by atoms with Crippen molar-refractivity contribution in [2.45, 2.75) is 19.4 Å². The Morgan fingerprint density at radius 1 is 1.20 bits per heavy atom. The number of nitrogens with zero attached hydrogens (tertiary/aromatic N) is 5. The Morgan fingerprint density at radius 2 is 2.04 bits per heavy atom. The predicted octanol–water partition coefficient (Wildman–Crippen LogP) is 2.28. The average Bonchev–Trinajstić information content (AvgIpc) is 2.99. The summed E-state index contributed by atoms with van der Waals surface area (Å²) in [4.78, 5) is 12.5. The Hall–Kier alpha value is -2.94. The van der Waals surface area contributed by atoms with Gasteiger partial charge in [-0.1, -0.05) is 12.1 Å². The molecule has 9 heteroatoms. The zero-order valence-electron chi connectivity index (χ0n) is 13.5. The maximum absolute atomic E-state index is 12.8. The molecule has 3 rings (SSSR count). The standard InChI is InChI=1S/C16H17F2N7/c1-25-5-4-14(24-25)22-16-21-9-20-15(23-16)10-2-3-11(8-19)12(6-10)7-13(17)18/h2-6,9,13H,7-8,19H2,1H3,(H,20,21,22,23,24). The molecule has 0 amide bonds. The molecular weight excluding hydrogens is 328 g/mol. The Morgan fingerprint density at radius 3 is 2.72 bits per heavy atom. The molecule has 0 aliphatic heterocycles. The lowest BCUT2D eigenvalue weighted by Crippen LogP contribution is -2.06. The van der Waals surface area contributed by atoms with Gasteiger partial charge in [0, 0.05) is 37.8 Å². The summed E-state index contributed by atoms with van der Waals surface area (Å²) < 4.78 is 27.2. The number of halogens is 2. The first-order valence-electron chi connectivity index (χ1n) is 7.61. The first-order valence-corrected chi connectivity index (χ1v) is 7.61. The van der Waals surface area contributed by atoms with Crippen molar-refractivity contribution in [2.24, 2.45) is 12.8 Å². The van der Waals surface area contributed by atoms with Crippen LogP contribution in [0.3, 0.4) is 0 Å². The molecule has 0 spiro atoms. The maximum Gasteiger partial charge on any atom is 0.242 e. The van der Waals surface area contributed by atoms with E-state index in [1.165, 1.54) is 6.33 Å². The summed E-state index contributed by atoms with van der Waals surface area (Å²) in [6.07, 6.45) is 0.342.